The lowest BCUT2D eigenvalue weighted by Crippen LogP contribution is -2.42. The summed E-state index contributed by atoms with van der Waals surface area (Å²) < 4.78 is 22.5. The van der Waals surface area contributed by atoms with Crippen LogP contribution in [0.1, 0.15) is 30.5 Å². The Morgan fingerprint density at radius 2 is 1.88 bits per heavy atom. The zero-order valence-electron chi connectivity index (χ0n) is 24.1. The second-order valence-electron chi connectivity index (χ2n) is 10.0. The van der Waals surface area contributed by atoms with E-state index in [1.807, 2.05) is 58.8 Å². The Balaban J connectivity index is 1.41. The van der Waals surface area contributed by atoms with Crippen LogP contribution >= 0.6 is 11.8 Å². The highest BCUT2D eigenvalue weighted by Crippen LogP contribution is 2.47. The van der Waals surface area contributed by atoms with Crippen LogP contribution in [0.15, 0.2) is 75.9 Å². The predicted octanol–water partition coefficient (Wildman–Crippen LogP) is 3.86. The molecule has 3 heterocycles. The van der Waals surface area contributed by atoms with Crippen molar-refractivity contribution in [1.82, 2.24) is 15.1 Å². The number of methoxy groups -OCH3 is 2. The van der Waals surface area contributed by atoms with Crippen LogP contribution < -0.4 is 14.8 Å². The third-order valence-electron chi connectivity index (χ3n) is 7.36. The van der Waals surface area contributed by atoms with Crippen molar-refractivity contribution in [2.24, 2.45) is 4.99 Å². The van der Waals surface area contributed by atoms with Gasteiger partial charge in [0.1, 0.15) is 18.1 Å². The number of morpholine rings is 1. The van der Waals surface area contributed by atoms with Crippen LogP contribution in [0, 0.1) is 0 Å². The van der Waals surface area contributed by atoms with E-state index in [-0.39, 0.29) is 18.9 Å². The van der Waals surface area contributed by atoms with Gasteiger partial charge in [0.2, 0.25) is 5.91 Å². The topological polar surface area (TPSA) is 102 Å². The zero-order chi connectivity index (χ0) is 29.5. The number of ether oxygens (including phenoxy) is 4. The normalized spacial score (nSPS) is 18.6. The number of rotatable bonds is 11. The lowest BCUT2D eigenvalue weighted by molar-refractivity contribution is -0.141. The van der Waals surface area contributed by atoms with Gasteiger partial charge < -0.3 is 29.2 Å². The van der Waals surface area contributed by atoms with Crippen molar-refractivity contribution in [3.63, 3.8) is 0 Å². The number of nitrogens with zero attached hydrogens (tertiary/aromatic N) is 3. The van der Waals surface area contributed by atoms with Crippen LogP contribution in [-0.4, -0.2) is 80.5 Å². The van der Waals surface area contributed by atoms with E-state index in [1.165, 1.54) is 11.8 Å². The van der Waals surface area contributed by atoms with Crippen molar-refractivity contribution in [2.75, 3.05) is 53.6 Å². The van der Waals surface area contributed by atoms with Gasteiger partial charge in [-0.05, 0) is 36.1 Å². The largest absolute Gasteiger partial charge is 0.497 e. The molecule has 1 amide bonds. The Morgan fingerprint density at radius 3 is 2.62 bits per heavy atom. The summed E-state index contributed by atoms with van der Waals surface area (Å²) in [7, 11) is 3.18. The maximum Gasteiger partial charge on any atom is 0.338 e. The van der Waals surface area contributed by atoms with Crippen molar-refractivity contribution in [3.8, 4) is 11.5 Å². The fourth-order valence-corrected chi connectivity index (χ4v) is 6.15. The molecule has 0 bridgehead atoms. The maximum atomic E-state index is 13.8. The van der Waals surface area contributed by atoms with E-state index in [9.17, 15) is 9.59 Å². The first-order valence-corrected chi connectivity index (χ1v) is 14.8. The number of fused-ring (bicyclic) bond motifs is 1. The van der Waals surface area contributed by atoms with Gasteiger partial charge in [0.05, 0.1) is 51.2 Å². The molecule has 1 N–H and O–H groups in total. The summed E-state index contributed by atoms with van der Waals surface area (Å²) in [5, 5.41) is 5.64. The van der Waals surface area contributed by atoms with E-state index in [1.54, 1.807) is 21.1 Å². The fourth-order valence-electron chi connectivity index (χ4n) is 5.18. The molecule has 0 aliphatic carbocycles. The number of nitrogens with one attached hydrogen (secondary N) is 1. The number of amides is 1. The molecule has 2 aromatic carbocycles. The summed E-state index contributed by atoms with van der Waals surface area (Å²) in [6.45, 7) is 6.40. The van der Waals surface area contributed by atoms with Gasteiger partial charge in [-0.3, -0.25) is 9.69 Å². The number of amidine groups is 1. The standard InChI is InChI=1S/C31H36N4O6S/c1-21-28(30(37)41-19-22-7-5-4-6-8-22)29(25-18-24(38-2)9-10-26(25)39-3)35-23(20-42-31(35)33-21)17-27(36)32-11-12-34-13-15-40-16-14-34/h4-10,18,20,29H,11-17,19H2,1-3H3,(H,32,36)/t29-/m0/s1. The summed E-state index contributed by atoms with van der Waals surface area (Å²) >= 11 is 1.43. The Bertz CT molecular complexity index is 1390. The van der Waals surface area contributed by atoms with Gasteiger partial charge in [-0.2, -0.15) is 0 Å². The van der Waals surface area contributed by atoms with Crippen LogP contribution in [0.2, 0.25) is 0 Å². The first kappa shape index (κ1) is 29.7. The van der Waals surface area contributed by atoms with Crippen molar-refractivity contribution in [3.05, 3.63) is 82.0 Å². The van der Waals surface area contributed by atoms with Gasteiger partial charge in [-0.25, -0.2) is 9.79 Å². The SMILES string of the molecule is COc1ccc(OC)c([C@H]2C(C(=O)OCc3ccccc3)=C(C)N=C3SC=C(CC(=O)NCCN4CCOCC4)N32)c1. The molecule has 0 aromatic heterocycles. The van der Waals surface area contributed by atoms with Gasteiger partial charge in [0, 0.05) is 37.4 Å². The van der Waals surface area contributed by atoms with Crippen molar-refractivity contribution in [2.45, 2.75) is 26.0 Å². The highest BCUT2D eigenvalue weighted by Gasteiger charge is 2.42. The van der Waals surface area contributed by atoms with Gasteiger partial charge >= 0.3 is 5.97 Å². The fraction of sp³-hybridized carbons (Fsp3) is 0.387. The van der Waals surface area contributed by atoms with Crippen LogP contribution in [0.25, 0.3) is 0 Å². The number of carbonyl (C=O) groups excluding carboxylic acids is 2. The minimum atomic E-state index is -0.645. The summed E-state index contributed by atoms with van der Waals surface area (Å²) in [6, 6.07) is 14.4. The molecule has 1 atom stereocenters. The van der Waals surface area contributed by atoms with Crippen molar-refractivity contribution < 1.29 is 28.5 Å². The van der Waals surface area contributed by atoms with E-state index >= 15 is 0 Å². The van der Waals surface area contributed by atoms with Crippen LogP contribution in [-0.2, 0) is 25.7 Å². The quantitative estimate of drug-likeness (QED) is 0.390. The summed E-state index contributed by atoms with van der Waals surface area (Å²) in [5.41, 5.74) is 3.24. The van der Waals surface area contributed by atoms with E-state index in [2.05, 4.69) is 10.2 Å². The molecule has 3 aliphatic rings. The molecule has 0 spiro atoms. The minimum absolute atomic E-state index is 0.104. The molecule has 10 nitrogen and oxygen atoms in total. The second-order valence-corrected chi connectivity index (χ2v) is 10.9. The average molecular weight is 593 g/mol. The van der Waals surface area contributed by atoms with Gasteiger partial charge in [0.15, 0.2) is 5.17 Å². The number of carbonyl (C=O) groups is 2. The molecule has 5 rings (SSSR count). The van der Waals surface area contributed by atoms with Crippen molar-refractivity contribution in [1.29, 1.82) is 0 Å². The third-order valence-corrected chi connectivity index (χ3v) is 8.25. The number of benzene rings is 2. The van der Waals surface area contributed by atoms with E-state index in [4.69, 9.17) is 23.9 Å². The smallest absolute Gasteiger partial charge is 0.338 e. The number of esters is 1. The molecule has 3 aliphatic heterocycles. The number of allylic oxidation sites excluding steroid dienone is 1. The minimum Gasteiger partial charge on any atom is -0.497 e. The predicted molar refractivity (Wildman–Crippen MR) is 161 cm³/mol. The highest BCUT2D eigenvalue weighted by atomic mass is 32.2. The number of hydrogen-bond acceptors (Lipinski definition) is 10. The number of aliphatic imine (C=N–C) groups is 1. The lowest BCUT2D eigenvalue weighted by atomic mass is 9.92. The zero-order valence-corrected chi connectivity index (χ0v) is 24.9. The lowest BCUT2D eigenvalue weighted by Gasteiger charge is -2.37. The van der Waals surface area contributed by atoms with Crippen LogP contribution in [0.3, 0.4) is 0 Å². The molecular formula is C31H36N4O6S. The van der Waals surface area contributed by atoms with Gasteiger partial charge in [0.25, 0.3) is 0 Å². The summed E-state index contributed by atoms with van der Waals surface area (Å²) in [4.78, 5) is 35.8. The van der Waals surface area contributed by atoms with Gasteiger partial charge in [-0.15, -0.1) is 0 Å². The first-order chi connectivity index (χ1) is 20.5. The van der Waals surface area contributed by atoms with Gasteiger partial charge in [-0.1, -0.05) is 42.1 Å². The Labute approximate surface area is 250 Å². The molecule has 0 unspecified atom stereocenters. The summed E-state index contributed by atoms with van der Waals surface area (Å²) in [6.07, 6.45) is 0.128. The van der Waals surface area contributed by atoms with Crippen LogP contribution in [0.5, 0.6) is 11.5 Å². The molecule has 2 aromatic rings. The third kappa shape index (κ3) is 6.80. The molecule has 1 saturated heterocycles. The van der Waals surface area contributed by atoms with E-state index in [0.717, 1.165) is 30.9 Å². The van der Waals surface area contributed by atoms with E-state index in [0.29, 0.717) is 53.3 Å². The molecule has 0 saturated carbocycles. The van der Waals surface area contributed by atoms with Crippen LogP contribution in [0.4, 0.5) is 0 Å². The molecule has 1 fully saturated rings. The number of hydrogen-bond donors (Lipinski definition) is 1. The summed E-state index contributed by atoms with van der Waals surface area (Å²) in [5.74, 6) is 0.601. The molecular weight excluding hydrogens is 556 g/mol. The molecule has 0 radical (unpaired) electrons. The average Bonchev–Trinajstić information content (AvgIpc) is 3.41. The maximum absolute atomic E-state index is 13.8. The monoisotopic (exact) mass is 592 g/mol. The Morgan fingerprint density at radius 1 is 1.10 bits per heavy atom. The Hall–Kier alpha value is -3.80. The first-order valence-electron chi connectivity index (χ1n) is 13.9. The molecule has 222 valence electrons. The van der Waals surface area contributed by atoms with E-state index < -0.39 is 12.0 Å². The Kier molecular flexibility index (Phi) is 9.83. The number of thioether (sulfide) groups is 1. The van der Waals surface area contributed by atoms with Crippen molar-refractivity contribution >= 4 is 28.8 Å². The second kappa shape index (κ2) is 13.9. The molecule has 11 heteroatoms. The highest BCUT2D eigenvalue weighted by molar-refractivity contribution is 8.16. The molecule has 42 heavy (non-hydrogen) atoms.